The number of ether oxygens (including phenoxy) is 1. The molecule has 1 N–H and O–H groups in total. The van der Waals surface area contributed by atoms with Gasteiger partial charge in [0.15, 0.2) is 0 Å². The zero-order valence-electron chi connectivity index (χ0n) is 12.2. The normalized spacial score (nSPS) is 16.4. The van der Waals surface area contributed by atoms with Crippen molar-refractivity contribution in [2.75, 3.05) is 18.6 Å². The number of aromatic nitrogens is 1. The third-order valence-electron chi connectivity index (χ3n) is 4.17. The van der Waals surface area contributed by atoms with Gasteiger partial charge in [-0.15, -0.1) is 0 Å². The van der Waals surface area contributed by atoms with Crippen LogP contribution in [0.25, 0.3) is 0 Å². The molecule has 0 bridgehead atoms. The van der Waals surface area contributed by atoms with E-state index in [1.54, 1.807) is 0 Å². The van der Waals surface area contributed by atoms with Crippen molar-refractivity contribution in [2.24, 2.45) is 0 Å². The van der Waals surface area contributed by atoms with Crippen LogP contribution in [0.5, 0.6) is 0 Å². The Labute approximate surface area is 115 Å². The monoisotopic (exact) mass is 264 g/mol. The molecule has 1 saturated carbocycles. The van der Waals surface area contributed by atoms with Crippen molar-refractivity contribution in [1.29, 1.82) is 0 Å². The van der Waals surface area contributed by atoms with Crippen LogP contribution in [-0.4, -0.2) is 30.6 Å². The maximum atomic E-state index is 11.7. The van der Waals surface area contributed by atoms with Gasteiger partial charge in [0.2, 0.25) is 0 Å². The van der Waals surface area contributed by atoms with E-state index in [0.717, 1.165) is 17.8 Å². The molecule has 1 aromatic heterocycles. The number of nitrogens with zero attached hydrogens (tertiary/aromatic N) is 1. The average molecular weight is 264 g/mol. The zero-order valence-corrected chi connectivity index (χ0v) is 12.2. The molecule has 106 valence electrons. The summed E-state index contributed by atoms with van der Waals surface area (Å²) < 4.78 is 4.80. The minimum Gasteiger partial charge on any atom is -0.464 e. The predicted molar refractivity (Wildman–Crippen MR) is 76.8 cm³/mol. The lowest BCUT2D eigenvalue weighted by Gasteiger charge is -2.35. The summed E-state index contributed by atoms with van der Waals surface area (Å²) in [5.41, 5.74) is 2.72. The number of nitrogens with one attached hydrogen (secondary N) is 1. The Morgan fingerprint density at radius 3 is 2.68 bits per heavy atom. The van der Waals surface area contributed by atoms with Crippen molar-refractivity contribution in [1.82, 2.24) is 4.98 Å². The number of anilines is 1. The molecule has 1 fully saturated rings. The van der Waals surface area contributed by atoms with Crippen LogP contribution in [0.15, 0.2) is 6.20 Å². The lowest BCUT2D eigenvalue weighted by Crippen LogP contribution is -2.36. The van der Waals surface area contributed by atoms with Crippen LogP contribution in [0.2, 0.25) is 0 Å². The molecule has 4 heteroatoms. The van der Waals surface area contributed by atoms with Crippen LogP contribution in [-0.2, 0) is 4.74 Å². The van der Waals surface area contributed by atoms with Gasteiger partial charge in [-0.3, -0.25) is 0 Å². The van der Waals surface area contributed by atoms with Gasteiger partial charge >= 0.3 is 5.97 Å². The summed E-state index contributed by atoms with van der Waals surface area (Å²) in [4.78, 5) is 17.2. The van der Waals surface area contributed by atoms with E-state index in [4.69, 9.17) is 4.74 Å². The molecule has 0 amide bonds. The highest BCUT2D eigenvalue weighted by Crippen LogP contribution is 2.30. The van der Waals surface area contributed by atoms with Gasteiger partial charge in [0.25, 0.3) is 0 Å². The molecule has 1 aromatic rings. The first-order valence-corrected chi connectivity index (χ1v) is 7.22. The second-order valence-electron chi connectivity index (χ2n) is 5.24. The summed E-state index contributed by atoms with van der Waals surface area (Å²) >= 11 is 0. The molecule has 0 spiro atoms. The largest absolute Gasteiger partial charge is 0.464 e. The zero-order chi connectivity index (χ0) is 13.8. The van der Waals surface area contributed by atoms with E-state index in [9.17, 15) is 4.79 Å². The van der Waals surface area contributed by atoms with Crippen LogP contribution >= 0.6 is 0 Å². The summed E-state index contributed by atoms with van der Waals surface area (Å²) in [5, 5.41) is 0. The van der Waals surface area contributed by atoms with Crippen molar-refractivity contribution >= 4 is 11.7 Å². The van der Waals surface area contributed by atoms with E-state index in [1.807, 2.05) is 13.1 Å². The minimum absolute atomic E-state index is 0.288. The minimum atomic E-state index is -0.288. The highest BCUT2D eigenvalue weighted by atomic mass is 16.5. The average Bonchev–Trinajstić information content (AvgIpc) is 2.82. The number of rotatable bonds is 4. The van der Waals surface area contributed by atoms with E-state index in [-0.39, 0.29) is 5.97 Å². The lowest BCUT2D eigenvalue weighted by molar-refractivity contribution is 0.0594. The number of methoxy groups -OCH3 is 1. The van der Waals surface area contributed by atoms with Crippen molar-refractivity contribution in [3.8, 4) is 0 Å². The molecule has 2 rings (SSSR count). The summed E-state index contributed by atoms with van der Waals surface area (Å²) in [5.74, 6) is -0.288. The van der Waals surface area contributed by atoms with E-state index in [0.29, 0.717) is 11.7 Å². The Balaban J connectivity index is 2.23. The van der Waals surface area contributed by atoms with E-state index in [2.05, 4.69) is 16.8 Å². The summed E-state index contributed by atoms with van der Waals surface area (Å²) in [6.07, 6.45) is 8.44. The van der Waals surface area contributed by atoms with E-state index in [1.165, 1.54) is 39.2 Å². The van der Waals surface area contributed by atoms with Gasteiger partial charge in [-0.2, -0.15) is 0 Å². The molecule has 0 atom stereocenters. The summed E-state index contributed by atoms with van der Waals surface area (Å²) in [7, 11) is 1.42. The first kappa shape index (κ1) is 14.0. The Kier molecular flexibility index (Phi) is 4.51. The smallest absolute Gasteiger partial charge is 0.354 e. The number of hydrogen-bond donors (Lipinski definition) is 1. The molecule has 1 aliphatic carbocycles. The van der Waals surface area contributed by atoms with Gasteiger partial charge in [0, 0.05) is 24.3 Å². The van der Waals surface area contributed by atoms with Gasteiger partial charge in [0.05, 0.1) is 12.8 Å². The Hall–Kier alpha value is -1.45. The molecule has 0 aliphatic heterocycles. The first-order chi connectivity index (χ1) is 9.19. The fraction of sp³-hybridized carbons (Fsp3) is 0.667. The summed E-state index contributed by atoms with van der Waals surface area (Å²) in [6, 6.07) is 0.610. The fourth-order valence-corrected chi connectivity index (χ4v) is 3.12. The third-order valence-corrected chi connectivity index (χ3v) is 4.17. The molecule has 0 unspecified atom stereocenters. The second-order valence-corrected chi connectivity index (χ2v) is 5.24. The van der Waals surface area contributed by atoms with Gasteiger partial charge in [-0.25, -0.2) is 4.79 Å². The Morgan fingerprint density at radius 2 is 2.11 bits per heavy atom. The number of esters is 1. The standard InChI is InChI=1S/C15H24N2O2/c1-4-17(12-8-6-5-7-9-12)13-10-16-14(11(13)2)15(18)19-3/h10,12,16H,4-9H2,1-3H3. The van der Waals surface area contributed by atoms with Crippen LogP contribution < -0.4 is 4.90 Å². The maximum absolute atomic E-state index is 11.7. The van der Waals surface area contributed by atoms with E-state index >= 15 is 0 Å². The molecule has 1 heterocycles. The Morgan fingerprint density at radius 1 is 1.42 bits per heavy atom. The molecule has 0 saturated heterocycles. The Bertz CT molecular complexity index is 433. The maximum Gasteiger partial charge on any atom is 0.354 e. The highest BCUT2D eigenvalue weighted by Gasteiger charge is 2.24. The topological polar surface area (TPSA) is 45.3 Å². The molecule has 0 aromatic carbocycles. The van der Waals surface area contributed by atoms with Crippen molar-refractivity contribution in [3.63, 3.8) is 0 Å². The van der Waals surface area contributed by atoms with Crippen LogP contribution in [0.1, 0.15) is 55.1 Å². The van der Waals surface area contributed by atoms with Crippen LogP contribution in [0, 0.1) is 6.92 Å². The van der Waals surface area contributed by atoms with Gasteiger partial charge < -0.3 is 14.6 Å². The molecule has 19 heavy (non-hydrogen) atoms. The molecule has 0 radical (unpaired) electrons. The molecular formula is C15H24N2O2. The van der Waals surface area contributed by atoms with E-state index < -0.39 is 0 Å². The van der Waals surface area contributed by atoms with Crippen molar-refractivity contribution in [3.05, 3.63) is 17.5 Å². The van der Waals surface area contributed by atoms with Gasteiger partial charge in [-0.05, 0) is 26.7 Å². The number of hydrogen-bond acceptors (Lipinski definition) is 3. The number of carbonyl (C=O) groups is 1. The summed E-state index contributed by atoms with van der Waals surface area (Å²) in [6.45, 7) is 5.15. The number of carbonyl (C=O) groups excluding carboxylic acids is 1. The van der Waals surface area contributed by atoms with Gasteiger partial charge in [-0.1, -0.05) is 19.3 Å². The first-order valence-electron chi connectivity index (χ1n) is 7.22. The lowest BCUT2D eigenvalue weighted by atomic mass is 9.93. The SMILES string of the molecule is CCN(c1c[nH]c(C(=O)OC)c1C)C1CCCCC1. The fourth-order valence-electron chi connectivity index (χ4n) is 3.12. The van der Waals surface area contributed by atoms with Crippen LogP contribution in [0.3, 0.4) is 0 Å². The number of H-pyrrole nitrogens is 1. The molecule has 1 aliphatic rings. The third kappa shape index (κ3) is 2.77. The highest BCUT2D eigenvalue weighted by molar-refractivity contribution is 5.91. The molecular weight excluding hydrogens is 240 g/mol. The quantitative estimate of drug-likeness (QED) is 0.849. The van der Waals surface area contributed by atoms with Crippen molar-refractivity contribution < 1.29 is 9.53 Å². The van der Waals surface area contributed by atoms with Crippen LogP contribution in [0.4, 0.5) is 5.69 Å². The van der Waals surface area contributed by atoms with Gasteiger partial charge in [0.1, 0.15) is 5.69 Å². The predicted octanol–water partition coefficient (Wildman–Crippen LogP) is 3.27. The second kappa shape index (κ2) is 6.13. The molecule has 4 nitrogen and oxygen atoms in total. The van der Waals surface area contributed by atoms with Crippen molar-refractivity contribution in [2.45, 2.75) is 52.0 Å². The number of aromatic amines is 1.